The summed E-state index contributed by atoms with van der Waals surface area (Å²) in [6.07, 6.45) is 2.72. The average molecular weight is 336 g/mol. The second-order valence-corrected chi connectivity index (χ2v) is 5.83. The van der Waals surface area contributed by atoms with Crippen LogP contribution in [-0.2, 0) is 11.2 Å². The molecule has 1 amide bonds. The third-order valence-corrected chi connectivity index (χ3v) is 4.00. The smallest absolute Gasteiger partial charge is 0.257 e. The molecule has 2 N–H and O–H groups in total. The number of carbonyl (C=O) groups is 2. The molecule has 0 aliphatic heterocycles. The number of aromatic nitrogens is 1. The Labute approximate surface area is 146 Å². The number of nitrogens with one attached hydrogen (secondary N) is 2. The number of aromatic amines is 1. The Hall–Kier alpha value is -3.08. The normalized spacial score (nSPS) is 10.6. The molecule has 0 aliphatic rings. The van der Waals surface area contributed by atoms with Crippen LogP contribution < -0.4 is 10.1 Å². The predicted octanol–water partition coefficient (Wildman–Crippen LogP) is 3.11. The highest BCUT2D eigenvalue weighted by Crippen LogP contribution is 2.17. The maximum absolute atomic E-state index is 11.9. The summed E-state index contributed by atoms with van der Waals surface area (Å²) in [5.74, 6) is 0.293. The molecular weight excluding hydrogens is 316 g/mol. The van der Waals surface area contributed by atoms with E-state index in [1.165, 1.54) is 17.9 Å². The molecule has 25 heavy (non-hydrogen) atoms. The second kappa shape index (κ2) is 7.66. The van der Waals surface area contributed by atoms with Crippen molar-refractivity contribution in [1.82, 2.24) is 10.3 Å². The molecule has 0 aliphatic carbocycles. The number of ether oxygens (including phenoxy) is 1. The van der Waals surface area contributed by atoms with Crippen molar-refractivity contribution in [2.45, 2.75) is 13.3 Å². The van der Waals surface area contributed by atoms with E-state index in [-0.39, 0.29) is 18.3 Å². The summed E-state index contributed by atoms with van der Waals surface area (Å²) < 4.78 is 5.45. The fraction of sp³-hybridized carbons (Fsp3) is 0.200. The molecule has 1 heterocycles. The van der Waals surface area contributed by atoms with Crippen LogP contribution in [0.2, 0.25) is 0 Å². The maximum Gasteiger partial charge on any atom is 0.257 e. The molecule has 0 saturated carbocycles. The van der Waals surface area contributed by atoms with Crippen LogP contribution in [0.1, 0.15) is 22.8 Å². The Morgan fingerprint density at radius 3 is 2.80 bits per heavy atom. The summed E-state index contributed by atoms with van der Waals surface area (Å²) in [4.78, 5) is 26.5. The molecule has 0 spiro atoms. The zero-order chi connectivity index (χ0) is 17.6. The number of hydrogen-bond donors (Lipinski definition) is 2. The number of H-pyrrole nitrogens is 1. The summed E-state index contributed by atoms with van der Waals surface area (Å²) >= 11 is 0. The number of rotatable bonds is 7. The summed E-state index contributed by atoms with van der Waals surface area (Å²) in [5.41, 5.74) is 2.83. The van der Waals surface area contributed by atoms with Crippen LogP contribution >= 0.6 is 0 Å². The molecule has 3 aromatic rings. The van der Waals surface area contributed by atoms with Crippen LogP contribution in [0.25, 0.3) is 10.9 Å². The number of Topliss-reactive ketones (excluding diaryl/α,β-unsaturated/α-hetero) is 1. The first-order valence-electron chi connectivity index (χ1n) is 8.19. The van der Waals surface area contributed by atoms with Crippen LogP contribution in [0.5, 0.6) is 5.75 Å². The predicted molar refractivity (Wildman–Crippen MR) is 97.0 cm³/mol. The van der Waals surface area contributed by atoms with E-state index in [0.717, 1.165) is 11.9 Å². The van der Waals surface area contributed by atoms with E-state index in [0.29, 0.717) is 17.9 Å². The summed E-state index contributed by atoms with van der Waals surface area (Å²) in [6.45, 7) is 1.96. The summed E-state index contributed by atoms with van der Waals surface area (Å²) in [7, 11) is 0. The number of ketones is 1. The van der Waals surface area contributed by atoms with Crippen LogP contribution in [0.4, 0.5) is 0 Å². The van der Waals surface area contributed by atoms with Crippen LogP contribution in [0, 0.1) is 0 Å². The second-order valence-electron chi connectivity index (χ2n) is 5.83. The van der Waals surface area contributed by atoms with Gasteiger partial charge in [-0.3, -0.25) is 9.59 Å². The molecule has 128 valence electrons. The van der Waals surface area contributed by atoms with Gasteiger partial charge in [0.1, 0.15) is 5.75 Å². The van der Waals surface area contributed by atoms with Gasteiger partial charge in [-0.1, -0.05) is 30.3 Å². The standard InChI is InChI=1S/C20H20N2O3/c1-14(23)15-5-4-6-17(11-15)25-13-20(24)21-10-9-16-12-22-19-8-3-2-7-18(16)19/h2-8,11-12,22H,9-10,13H2,1H3,(H,21,24). The quantitative estimate of drug-likeness (QED) is 0.651. The molecule has 0 saturated heterocycles. The van der Waals surface area contributed by atoms with Gasteiger partial charge in [-0.25, -0.2) is 0 Å². The van der Waals surface area contributed by atoms with E-state index >= 15 is 0 Å². The Balaban J connectivity index is 1.47. The third-order valence-electron chi connectivity index (χ3n) is 4.00. The SMILES string of the molecule is CC(=O)c1cccc(OCC(=O)NCCc2c[nH]c3ccccc23)c1. The molecule has 5 nitrogen and oxygen atoms in total. The van der Waals surface area contributed by atoms with E-state index in [9.17, 15) is 9.59 Å². The van der Waals surface area contributed by atoms with Gasteiger partial charge in [0, 0.05) is 29.2 Å². The molecule has 0 fully saturated rings. The first-order chi connectivity index (χ1) is 12.1. The average Bonchev–Trinajstić information content (AvgIpc) is 3.03. The van der Waals surface area contributed by atoms with Gasteiger partial charge in [0.15, 0.2) is 12.4 Å². The fourth-order valence-corrected chi connectivity index (χ4v) is 2.68. The lowest BCUT2D eigenvalue weighted by Crippen LogP contribution is -2.30. The largest absolute Gasteiger partial charge is 0.484 e. The summed E-state index contributed by atoms with van der Waals surface area (Å²) in [5, 5.41) is 4.02. The number of amides is 1. The van der Waals surface area contributed by atoms with Crippen LogP contribution in [0.15, 0.2) is 54.7 Å². The molecule has 2 aromatic carbocycles. The lowest BCUT2D eigenvalue weighted by molar-refractivity contribution is -0.123. The van der Waals surface area contributed by atoms with Gasteiger partial charge in [-0.2, -0.15) is 0 Å². The molecule has 0 bridgehead atoms. The molecule has 5 heteroatoms. The number of benzene rings is 2. The van der Waals surface area contributed by atoms with E-state index in [2.05, 4.69) is 16.4 Å². The maximum atomic E-state index is 11.9. The molecule has 3 rings (SSSR count). The monoisotopic (exact) mass is 336 g/mol. The fourth-order valence-electron chi connectivity index (χ4n) is 2.68. The number of para-hydroxylation sites is 1. The number of hydrogen-bond acceptors (Lipinski definition) is 3. The van der Waals surface area contributed by atoms with Crippen LogP contribution in [-0.4, -0.2) is 29.8 Å². The lowest BCUT2D eigenvalue weighted by atomic mass is 10.1. The Kier molecular flexibility index (Phi) is 5.14. The van der Waals surface area contributed by atoms with Crippen LogP contribution in [0.3, 0.4) is 0 Å². The number of carbonyl (C=O) groups excluding carboxylic acids is 2. The van der Waals surface area contributed by atoms with Crippen molar-refractivity contribution in [2.24, 2.45) is 0 Å². The molecule has 1 aromatic heterocycles. The van der Waals surface area contributed by atoms with Crippen molar-refractivity contribution < 1.29 is 14.3 Å². The van der Waals surface area contributed by atoms with Gasteiger partial charge in [-0.05, 0) is 37.1 Å². The Morgan fingerprint density at radius 2 is 1.96 bits per heavy atom. The van der Waals surface area contributed by atoms with Crippen molar-refractivity contribution in [3.63, 3.8) is 0 Å². The zero-order valence-electron chi connectivity index (χ0n) is 14.0. The van der Waals surface area contributed by atoms with E-state index in [1.807, 2.05) is 24.4 Å². The topological polar surface area (TPSA) is 71.2 Å². The summed E-state index contributed by atoms with van der Waals surface area (Å²) in [6, 6.07) is 14.9. The molecule has 0 atom stereocenters. The minimum absolute atomic E-state index is 0.0337. The van der Waals surface area contributed by atoms with Crippen molar-refractivity contribution >= 4 is 22.6 Å². The van der Waals surface area contributed by atoms with E-state index in [1.54, 1.807) is 24.3 Å². The van der Waals surface area contributed by atoms with Gasteiger partial charge in [0.2, 0.25) is 0 Å². The van der Waals surface area contributed by atoms with Gasteiger partial charge in [-0.15, -0.1) is 0 Å². The lowest BCUT2D eigenvalue weighted by Gasteiger charge is -2.08. The Morgan fingerprint density at radius 1 is 1.12 bits per heavy atom. The van der Waals surface area contributed by atoms with Crippen molar-refractivity contribution in [2.75, 3.05) is 13.2 Å². The highest BCUT2D eigenvalue weighted by Gasteiger charge is 2.06. The first kappa shape index (κ1) is 16.8. The van der Waals surface area contributed by atoms with Crippen molar-refractivity contribution in [3.8, 4) is 5.75 Å². The van der Waals surface area contributed by atoms with E-state index in [4.69, 9.17) is 4.74 Å². The van der Waals surface area contributed by atoms with Gasteiger partial charge < -0.3 is 15.0 Å². The van der Waals surface area contributed by atoms with Gasteiger partial charge in [0.25, 0.3) is 5.91 Å². The van der Waals surface area contributed by atoms with E-state index < -0.39 is 0 Å². The van der Waals surface area contributed by atoms with Crippen molar-refractivity contribution in [3.05, 3.63) is 65.9 Å². The Bertz CT molecular complexity index is 899. The number of fused-ring (bicyclic) bond motifs is 1. The van der Waals surface area contributed by atoms with Gasteiger partial charge in [0.05, 0.1) is 0 Å². The zero-order valence-corrected chi connectivity index (χ0v) is 14.0. The molecule has 0 radical (unpaired) electrons. The molecular formula is C20H20N2O3. The highest BCUT2D eigenvalue weighted by molar-refractivity contribution is 5.94. The third kappa shape index (κ3) is 4.26. The first-order valence-corrected chi connectivity index (χ1v) is 8.19. The van der Waals surface area contributed by atoms with Crippen molar-refractivity contribution in [1.29, 1.82) is 0 Å². The minimum atomic E-state index is -0.187. The molecule has 0 unspecified atom stereocenters. The minimum Gasteiger partial charge on any atom is -0.484 e. The van der Waals surface area contributed by atoms with Gasteiger partial charge >= 0.3 is 0 Å². The highest BCUT2D eigenvalue weighted by atomic mass is 16.5.